The van der Waals surface area contributed by atoms with Gasteiger partial charge in [-0.3, -0.25) is 4.79 Å². The Balaban J connectivity index is 1.79. The van der Waals surface area contributed by atoms with Crippen molar-refractivity contribution in [1.29, 1.82) is 0 Å². The number of benzene rings is 1. The van der Waals surface area contributed by atoms with E-state index in [0.29, 0.717) is 6.42 Å². The van der Waals surface area contributed by atoms with Crippen molar-refractivity contribution in [3.8, 4) is 0 Å². The first-order valence-corrected chi connectivity index (χ1v) is 7.41. The van der Waals surface area contributed by atoms with Crippen molar-refractivity contribution in [3.05, 3.63) is 35.9 Å². The van der Waals surface area contributed by atoms with Gasteiger partial charge in [0.05, 0.1) is 6.10 Å². The van der Waals surface area contributed by atoms with Crippen molar-refractivity contribution < 1.29 is 9.90 Å². The van der Waals surface area contributed by atoms with E-state index in [0.717, 1.165) is 31.5 Å². The van der Waals surface area contributed by atoms with Gasteiger partial charge in [0, 0.05) is 12.0 Å². The van der Waals surface area contributed by atoms with E-state index in [1.165, 1.54) is 0 Å². The van der Waals surface area contributed by atoms with E-state index in [2.05, 4.69) is 10.6 Å². The highest BCUT2D eigenvalue weighted by atomic mass is 16.3. The van der Waals surface area contributed by atoms with Crippen LogP contribution in [0, 0.1) is 5.92 Å². The molecular formula is C16H24N2O2. The minimum Gasteiger partial charge on any atom is -0.388 e. The molecule has 2 unspecified atom stereocenters. The van der Waals surface area contributed by atoms with Crippen molar-refractivity contribution in [2.45, 2.75) is 38.3 Å². The number of carbonyl (C=O) groups excluding carboxylic acids is 1. The van der Waals surface area contributed by atoms with E-state index in [-0.39, 0.29) is 17.9 Å². The maximum Gasteiger partial charge on any atom is 0.223 e. The van der Waals surface area contributed by atoms with Crippen LogP contribution in [0.3, 0.4) is 0 Å². The largest absolute Gasteiger partial charge is 0.388 e. The minimum absolute atomic E-state index is 0.0207. The lowest BCUT2D eigenvalue weighted by atomic mass is 9.96. The molecule has 4 nitrogen and oxygen atoms in total. The van der Waals surface area contributed by atoms with Gasteiger partial charge in [0.25, 0.3) is 0 Å². The van der Waals surface area contributed by atoms with Gasteiger partial charge in [0.2, 0.25) is 5.91 Å². The first-order chi connectivity index (χ1) is 9.66. The fourth-order valence-electron chi connectivity index (χ4n) is 2.65. The molecule has 20 heavy (non-hydrogen) atoms. The smallest absolute Gasteiger partial charge is 0.223 e. The van der Waals surface area contributed by atoms with Gasteiger partial charge in [-0.15, -0.1) is 0 Å². The molecule has 4 heteroatoms. The number of nitrogens with one attached hydrogen (secondary N) is 2. The monoisotopic (exact) mass is 276 g/mol. The van der Waals surface area contributed by atoms with Crippen LogP contribution in [0.15, 0.2) is 30.3 Å². The molecule has 0 aromatic heterocycles. The molecule has 1 fully saturated rings. The average molecular weight is 276 g/mol. The van der Waals surface area contributed by atoms with Gasteiger partial charge in [-0.2, -0.15) is 0 Å². The van der Waals surface area contributed by atoms with Crippen molar-refractivity contribution in [1.82, 2.24) is 10.6 Å². The number of amides is 1. The molecular weight excluding hydrogens is 252 g/mol. The lowest BCUT2D eigenvalue weighted by Gasteiger charge is -2.25. The number of rotatable bonds is 5. The summed E-state index contributed by atoms with van der Waals surface area (Å²) in [5.41, 5.74) is 0.899. The summed E-state index contributed by atoms with van der Waals surface area (Å²) in [5, 5.41) is 16.4. The summed E-state index contributed by atoms with van der Waals surface area (Å²) in [6, 6.07) is 9.55. The standard InChI is InChI=1S/C16H24N2O2/c1-12(11-15(19)13-5-3-2-4-6-13)18-16(20)14-7-9-17-10-8-14/h2-6,12,14-15,17,19H,7-11H2,1H3,(H,18,20). The normalized spacial score (nSPS) is 19.3. The van der Waals surface area contributed by atoms with Gasteiger partial charge in [-0.1, -0.05) is 30.3 Å². The van der Waals surface area contributed by atoms with Crippen LogP contribution in [0.5, 0.6) is 0 Å². The predicted octanol–water partition coefficient (Wildman–Crippen LogP) is 1.61. The highest BCUT2D eigenvalue weighted by Crippen LogP contribution is 2.18. The predicted molar refractivity (Wildman–Crippen MR) is 79.2 cm³/mol. The van der Waals surface area contributed by atoms with E-state index in [4.69, 9.17) is 0 Å². The summed E-state index contributed by atoms with van der Waals surface area (Å²) >= 11 is 0. The Morgan fingerprint density at radius 3 is 2.65 bits per heavy atom. The first-order valence-electron chi connectivity index (χ1n) is 7.41. The second-order valence-corrected chi connectivity index (χ2v) is 5.60. The van der Waals surface area contributed by atoms with Crippen molar-refractivity contribution in [3.63, 3.8) is 0 Å². The van der Waals surface area contributed by atoms with Crippen LogP contribution < -0.4 is 10.6 Å². The second kappa shape index (κ2) is 7.41. The summed E-state index contributed by atoms with van der Waals surface area (Å²) in [6.07, 6.45) is 1.82. The number of hydrogen-bond acceptors (Lipinski definition) is 3. The van der Waals surface area contributed by atoms with E-state index < -0.39 is 6.10 Å². The zero-order valence-electron chi connectivity index (χ0n) is 12.0. The SMILES string of the molecule is CC(CC(O)c1ccccc1)NC(=O)C1CCNCC1. The summed E-state index contributed by atoms with van der Waals surface area (Å²) in [4.78, 5) is 12.1. The van der Waals surface area contributed by atoms with Gasteiger partial charge < -0.3 is 15.7 Å². The Bertz CT molecular complexity index is 416. The maximum atomic E-state index is 12.1. The van der Waals surface area contributed by atoms with E-state index in [1.807, 2.05) is 37.3 Å². The fourth-order valence-corrected chi connectivity index (χ4v) is 2.65. The van der Waals surface area contributed by atoms with Crippen LogP contribution in [0.4, 0.5) is 0 Å². The van der Waals surface area contributed by atoms with Crippen LogP contribution in [0.25, 0.3) is 0 Å². The number of piperidine rings is 1. The average Bonchev–Trinajstić information content (AvgIpc) is 2.49. The fraction of sp³-hybridized carbons (Fsp3) is 0.562. The molecule has 110 valence electrons. The summed E-state index contributed by atoms with van der Waals surface area (Å²) in [5.74, 6) is 0.242. The molecule has 1 aromatic rings. The third-order valence-electron chi connectivity index (χ3n) is 3.86. The van der Waals surface area contributed by atoms with Gasteiger partial charge in [0.1, 0.15) is 0 Å². The molecule has 0 saturated carbocycles. The molecule has 2 atom stereocenters. The van der Waals surface area contributed by atoms with Crippen LogP contribution in [0.2, 0.25) is 0 Å². The lowest BCUT2D eigenvalue weighted by molar-refractivity contribution is -0.126. The molecule has 3 N–H and O–H groups in total. The van der Waals surface area contributed by atoms with Gasteiger partial charge in [-0.25, -0.2) is 0 Å². The Kier molecular flexibility index (Phi) is 5.56. The summed E-state index contributed by atoms with van der Waals surface area (Å²) in [7, 11) is 0. The third-order valence-corrected chi connectivity index (χ3v) is 3.86. The molecule has 0 spiro atoms. The van der Waals surface area contributed by atoms with Crippen molar-refractivity contribution in [2.24, 2.45) is 5.92 Å². The topological polar surface area (TPSA) is 61.4 Å². The zero-order valence-corrected chi connectivity index (χ0v) is 12.0. The van der Waals surface area contributed by atoms with E-state index in [9.17, 15) is 9.90 Å². The molecule has 1 aliphatic rings. The molecule has 0 aliphatic carbocycles. The number of aliphatic hydroxyl groups is 1. The van der Waals surface area contributed by atoms with Crippen molar-refractivity contribution >= 4 is 5.91 Å². The Morgan fingerprint density at radius 2 is 2.00 bits per heavy atom. The minimum atomic E-state index is -0.528. The molecule has 1 amide bonds. The van der Waals surface area contributed by atoms with Gasteiger partial charge >= 0.3 is 0 Å². The molecule has 1 saturated heterocycles. The van der Waals surface area contributed by atoms with Crippen LogP contribution in [-0.2, 0) is 4.79 Å². The second-order valence-electron chi connectivity index (χ2n) is 5.60. The van der Waals surface area contributed by atoms with E-state index in [1.54, 1.807) is 0 Å². The maximum absolute atomic E-state index is 12.1. The summed E-state index contributed by atoms with van der Waals surface area (Å²) in [6.45, 7) is 3.78. The molecule has 1 heterocycles. The summed E-state index contributed by atoms with van der Waals surface area (Å²) < 4.78 is 0. The number of hydrogen-bond donors (Lipinski definition) is 3. The van der Waals surface area contributed by atoms with E-state index >= 15 is 0 Å². The quantitative estimate of drug-likeness (QED) is 0.766. The third kappa shape index (κ3) is 4.32. The molecule has 2 rings (SSSR count). The molecule has 1 aliphatic heterocycles. The number of aliphatic hydroxyl groups excluding tert-OH is 1. The first kappa shape index (κ1) is 15.0. The van der Waals surface area contributed by atoms with Gasteiger partial charge in [0.15, 0.2) is 0 Å². The molecule has 1 aromatic carbocycles. The number of carbonyl (C=O) groups is 1. The van der Waals surface area contributed by atoms with Crippen LogP contribution in [-0.4, -0.2) is 30.1 Å². The van der Waals surface area contributed by atoms with Crippen molar-refractivity contribution in [2.75, 3.05) is 13.1 Å². The van der Waals surface area contributed by atoms with Gasteiger partial charge in [-0.05, 0) is 44.8 Å². The highest BCUT2D eigenvalue weighted by molar-refractivity contribution is 5.79. The zero-order chi connectivity index (χ0) is 14.4. The Hall–Kier alpha value is -1.39. The molecule has 0 radical (unpaired) electrons. The Labute approximate surface area is 120 Å². The highest BCUT2D eigenvalue weighted by Gasteiger charge is 2.22. The molecule has 0 bridgehead atoms. The Morgan fingerprint density at radius 1 is 1.35 bits per heavy atom. The van der Waals surface area contributed by atoms with Crippen LogP contribution in [0.1, 0.15) is 37.9 Å². The van der Waals surface area contributed by atoms with Crippen LogP contribution >= 0.6 is 0 Å². The lowest BCUT2D eigenvalue weighted by Crippen LogP contribution is -2.42.